The fourth-order valence-electron chi connectivity index (χ4n) is 3.41. The molecule has 3 rings (SSSR count). The summed E-state index contributed by atoms with van der Waals surface area (Å²) in [5.41, 5.74) is 0. The number of benzene rings is 1. The Bertz CT molecular complexity index is 621. The zero-order valence-electron chi connectivity index (χ0n) is 11.7. The molecule has 114 valence electrons. The van der Waals surface area contributed by atoms with Gasteiger partial charge in [-0.1, -0.05) is 28.1 Å². The summed E-state index contributed by atoms with van der Waals surface area (Å²) in [4.78, 5) is 0.216. The average molecular weight is 371 g/mol. The standard InChI is InChI=1S/C16H19BrO3S/c17-15-5-7-16(8-6-15)21(18,19)20-9-1-2-13-10-12-3-4-14(13)11-12/h3-8,12-14H,1-2,9-11H2/t12-,13+,14-/m1/s1. The van der Waals surface area contributed by atoms with Crippen LogP contribution < -0.4 is 0 Å². The number of rotatable bonds is 6. The number of fused-ring (bicyclic) bond motifs is 2. The van der Waals surface area contributed by atoms with Crippen molar-refractivity contribution in [2.45, 2.75) is 30.6 Å². The summed E-state index contributed by atoms with van der Waals surface area (Å²) in [6.07, 6.45) is 9.08. The molecule has 0 spiro atoms. The van der Waals surface area contributed by atoms with Gasteiger partial charge < -0.3 is 0 Å². The molecule has 21 heavy (non-hydrogen) atoms. The van der Waals surface area contributed by atoms with Crippen molar-refractivity contribution in [2.24, 2.45) is 17.8 Å². The maximum Gasteiger partial charge on any atom is 0.296 e. The van der Waals surface area contributed by atoms with Crippen molar-refractivity contribution in [3.05, 3.63) is 40.9 Å². The van der Waals surface area contributed by atoms with Crippen LogP contribution in [-0.4, -0.2) is 15.0 Å². The van der Waals surface area contributed by atoms with Crippen LogP contribution in [0.1, 0.15) is 25.7 Å². The minimum atomic E-state index is -3.62. The highest BCUT2D eigenvalue weighted by atomic mass is 79.9. The molecule has 0 aromatic heterocycles. The Morgan fingerprint density at radius 2 is 1.90 bits per heavy atom. The number of allylic oxidation sites excluding steroid dienone is 2. The van der Waals surface area contributed by atoms with Crippen LogP contribution in [0, 0.1) is 17.8 Å². The summed E-state index contributed by atoms with van der Waals surface area (Å²) < 4.78 is 30.0. The molecule has 3 nitrogen and oxygen atoms in total. The van der Waals surface area contributed by atoms with E-state index in [1.54, 1.807) is 24.3 Å². The lowest BCUT2D eigenvalue weighted by Gasteiger charge is -2.17. The van der Waals surface area contributed by atoms with Crippen LogP contribution in [0.3, 0.4) is 0 Å². The van der Waals surface area contributed by atoms with Gasteiger partial charge in [0.1, 0.15) is 0 Å². The zero-order valence-corrected chi connectivity index (χ0v) is 14.1. The molecule has 0 unspecified atom stereocenters. The predicted octanol–water partition coefficient (Wildman–Crippen LogP) is 4.15. The van der Waals surface area contributed by atoms with Crippen molar-refractivity contribution in [3.8, 4) is 0 Å². The zero-order chi connectivity index (χ0) is 14.9. The van der Waals surface area contributed by atoms with Crippen LogP contribution >= 0.6 is 15.9 Å². The van der Waals surface area contributed by atoms with Crippen molar-refractivity contribution in [3.63, 3.8) is 0 Å². The van der Waals surface area contributed by atoms with Crippen LogP contribution in [0.2, 0.25) is 0 Å². The predicted molar refractivity (Wildman–Crippen MR) is 85.4 cm³/mol. The molecule has 1 saturated carbocycles. The topological polar surface area (TPSA) is 43.4 Å². The van der Waals surface area contributed by atoms with Gasteiger partial charge in [0.2, 0.25) is 0 Å². The van der Waals surface area contributed by atoms with Gasteiger partial charge in [0.15, 0.2) is 0 Å². The largest absolute Gasteiger partial charge is 0.296 e. The van der Waals surface area contributed by atoms with Crippen LogP contribution in [0.5, 0.6) is 0 Å². The van der Waals surface area contributed by atoms with Crippen LogP contribution in [-0.2, 0) is 14.3 Å². The third kappa shape index (κ3) is 3.58. The number of hydrogen-bond donors (Lipinski definition) is 0. The van der Waals surface area contributed by atoms with Gasteiger partial charge in [-0.05, 0) is 67.7 Å². The normalized spacial score (nSPS) is 27.4. The van der Waals surface area contributed by atoms with Gasteiger partial charge in [-0.15, -0.1) is 0 Å². The first-order valence-electron chi connectivity index (χ1n) is 7.38. The maximum atomic E-state index is 12.0. The summed E-state index contributed by atoms with van der Waals surface area (Å²) in [5, 5.41) is 0. The van der Waals surface area contributed by atoms with Gasteiger partial charge >= 0.3 is 0 Å². The molecule has 0 saturated heterocycles. The van der Waals surface area contributed by atoms with E-state index in [9.17, 15) is 8.42 Å². The van der Waals surface area contributed by atoms with E-state index in [0.717, 1.165) is 35.1 Å². The van der Waals surface area contributed by atoms with Crippen molar-refractivity contribution < 1.29 is 12.6 Å². The lowest BCUT2D eigenvalue weighted by Crippen LogP contribution is -2.11. The second kappa shape index (κ2) is 6.23. The molecular weight excluding hydrogens is 352 g/mol. The molecule has 0 radical (unpaired) electrons. The van der Waals surface area contributed by atoms with Gasteiger partial charge in [0, 0.05) is 4.47 Å². The van der Waals surface area contributed by atoms with E-state index in [2.05, 4.69) is 28.1 Å². The van der Waals surface area contributed by atoms with Crippen LogP contribution in [0.4, 0.5) is 0 Å². The molecule has 0 N–H and O–H groups in total. The molecule has 0 amide bonds. The summed E-state index contributed by atoms with van der Waals surface area (Å²) in [7, 11) is -3.62. The van der Waals surface area contributed by atoms with Gasteiger partial charge in [-0.3, -0.25) is 4.18 Å². The Hall–Kier alpha value is -0.650. The minimum absolute atomic E-state index is 0.216. The summed E-state index contributed by atoms with van der Waals surface area (Å²) in [6.45, 7) is 0.274. The minimum Gasteiger partial charge on any atom is -0.266 e. The molecule has 1 fully saturated rings. The van der Waals surface area contributed by atoms with Gasteiger partial charge in [0.25, 0.3) is 10.1 Å². The van der Waals surface area contributed by atoms with Crippen LogP contribution in [0.15, 0.2) is 45.8 Å². The Labute approximate surface area is 134 Å². The summed E-state index contributed by atoms with van der Waals surface area (Å²) >= 11 is 3.29. The SMILES string of the molecule is O=S(=O)(OCCC[C@H]1C[C@H]2C=C[C@@H]1C2)c1ccc(Br)cc1. The highest BCUT2D eigenvalue weighted by Gasteiger charge is 2.34. The molecule has 3 atom stereocenters. The monoisotopic (exact) mass is 370 g/mol. The Morgan fingerprint density at radius 3 is 2.52 bits per heavy atom. The lowest BCUT2D eigenvalue weighted by molar-refractivity contribution is 0.286. The van der Waals surface area contributed by atoms with Gasteiger partial charge in [0.05, 0.1) is 11.5 Å². The van der Waals surface area contributed by atoms with Gasteiger partial charge in [-0.25, -0.2) is 0 Å². The third-order valence-electron chi connectivity index (χ3n) is 4.48. The molecule has 2 aliphatic carbocycles. The first-order chi connectivity index (χ1) is 10.0. The fraction of sp³-hybridized carbons (Fsp3) is 0.500. The van der Waals surface area contributed by atoms with E-state index in [4.69, 9.17) is 4.18 Å². The molecule has 1 aromatic carbocycles. The first kappa shape index (κ1) is 15.3. The van der Waals surface area contributed by atoms with Crippen molar-refractivity contribution in [1.29, 1.82) is 0 Å². The Balaban J connectivity index is 1.46. The highest BCUT2D eigenvalue weighted by Crippen LogP contribution is 2.45. The van der Waals surface area contributed by atoms with Crippen molar-refractivity contribution in [2.75, 3.05) is 6.61 Å². The molecule has 1 aromatic rings. The number of hydrogen-bond acceptors (Lipinski definition) is 3. The van der Waals surface area contributed by atoms with E-state index >= 15 is 0 Å². The van der Waals surface area contributed by atoms with E-state index in [-0.39, 0.29) is 11.5 Å². The molecule has 2 bridgehead atoms. The van der Waals surface area contributed by atoms with E-state index in [1.807, 2.05) is 0 Å². The summed E-state index contributed by atoms with van der Waals surface area (Å²) in [6, 6.07) is 6.52. The van der Waals surface area contributed by atoms with Gasteiger partial charge in [-0.2, -0.15) is 8.42 Å². The molecule has 0 aliphatic heterocycles. The quantitative estimate of drug-likeness (QED) is 0.429. The molecule has 5 heteroatoms. The second-order valence-electron chi connectivity index (χ2n) is 5.91. The van der Waals surface area contributed by atoms with E-state index in [0.29, 0.717) is 0 Å². The van der Waals surface area contributed by atoms with Crippen LogP contribution in [0.25, 0.3) is 0 Å². The number of halogens is 1. The van der Waals surface area contributed by atoms with Crippen molar-refractivity contribution in [1.82, 2.24) is 0 Å². The summed E-state index contributed by atoms with van der Waals surface area (Å²) in [5.74, 6) is 2.21. The molecule has 0 heterocycles. The van der Waals surface area contributed by atoms with Crippen molar-refractivity contribution >= 4 is 26.0 Å². The third-order valence-corrected chi connectivity index (χ3v) is 6.33. The highest BCUT2D eigenvalue weighted by molar-refractivity contribution is 9.10. The average Bonchev–Trinajstić information content (AvgIpc) is 3.06. The fourth-order valence-corrected chi connectivity index (χ4v) is 4.62. The molecule has 2 aliphatic rings. The Morgan fingerprint density at radius 1 is 1.14 bits per heavy atom. The lowest BCUT2D eigenvalue weighted by atomic mass is 9.90. The van der Waals surface area contributed by atoms with E-state index < -0.39 is 10.1 Å². The second-order valence-corrected chi connectivity index (χ2v) is 8.44. The smallest absolute Gasteiger partial charge is 0.266 e. The Kier molecular flexibility index (Phi) is 4.52. The molecular formula is C16H19BrO3S. The maximum absolute atomic E-state index is 12.0. The van der Waals surface area contributed by atoms with E-state index in [1.165, 1.54) is 12.8 Å². The first-order valence-corrected chi connectivity index (χ1v) is 9.58.